The highest BCUT2D eigenvalue weighted by atomic mass is 16.4. The van der Waals surface area contributed by atoms with Crippen LogP contribution in [0.3, 0.4) is 0 Å². The van der Waals surface area contributed by atoms with Crippen LogP contribution in [0, 0.1) is 12.8 Å². The highest BCUT2D eigenvalue weighted by Gasteiger charge is 2.34. The van der Waals surface area contributed by atoms with E-state index in [9.17, 15) is 15.0 Å². The van der Waals surface area contributed by atoms with E-state index in [1.807, 2.05) is 19.1 Å². The van der Waals surface area contributed by atoms with Gasteiger partial charge in [0.25, 0.3) is 6.01 Å². The van der Waals surface area contributed by atoms with Crippen molar-refractivity contribution in [3.8, 4) is 0 Å². The summed E-state index contributed by atoms with van der Waals surface area (Å²) in [5.41, 5.74) is 2.18. The summed E-state index contributed by atoms with van der Waals surface area (Å²) in [5.74, 6) is 0.0175. The second kappa shape index (κ2) is 6.85. The maximum absolute atomic E-state index is 12.7. The number of aryl methyl sites for hydroxylation is 1. The zero-order valence-electron chi connectivity index (χ0n) is 14.8. The van der Waals surface area contributed by atoms with Gasteiger partial charge in [0.05, 0.1) is 12.2 Å². The van der Waals surface area contributed by atoms with Gasteiger partial charge in [-0.15, -0.1) is 0 Å². The number of aliphatic hydroxyl groups excluding tert-OH is 2. The van der Waals surface area contributed by atoms with Crippen LogP contribution < -0.4 is 4.90 Å². The molecule has 2 atom stereocenters. The lowest BCUT2D eigenvalue weighted by atomic mass is 9.94. The molecule has 26 heavy (non-hydrogen) atoms. The molecular weight excluding hydrogens is 336 g/mol. The van der Waals surface area contributed by atoms with Crippen LogP contribution in [0.5, 0.6) is 0 Å². The Morgan fingerprint density at radius 3 is 2.62 bits per heavy atom. The number of aromatic nitrogens is 2. The van der Waals surface area contributed by atoms with Crippen molar-refractivity contribution in [3.63, 3.8) is 0 Å². The fraction of sp³-hybridized carbons (Fsp3) is 0.611. The number of likely N-dealkylation sites (tertiary alicyclic amines) is 1. The Kier molecular flexibility index (Phi) is 4.54. The molecule has 0 unspecified atom stereocenters. The number of amides is 1. The lowest BCUT2D eigenvalue weighted by Crippen LogP contribution is -2.51. The predicted molar refractivity (Wildman–Crippen MR) is 94.7 cm³/mol. The molecule has 4 heterocycles. The van der Waals surface area contributed by atoms with Gasteiger partial charge >= 0.3 is 0 Å². The van der Waals surface area contributed by atoms with E-state index >= 15 is 0 Å². The summed E-state index contributed by atoms with van der Waals surface area (Å²) >= 11 is 0. The highest BCUT2D eigenvalue weighted by Crippen LogP contribution is 2.27. The van der Waals surface area contributed by atoms with Crippen LogP contribution in [-0.4, -0.2) is 69.4 Å². The monoisotopic (exact) mass is 360 g/mol. The summed E-state index contributed by atoms with van der Waals surface area (Å²) < 4.78 is 5.80. The number of pyridine rings is 1. The fourth-order valence-corrected chi connectivity index (χ4v) is 3.73. The number of piperidine rings is 2. The third-order valence-corrected chi connectivity index (χ3v) is 5.35. The molecule has 4 rings (SSSR count). The molecular formula is C18H24N4O4. The van der Waals surface area contributed by atoms with Gasteiger partial charge in [-0.3, -0.25) is 4.79 Å². The van der Waals surface area contributed by atoms with E-state index in [1.165, 1.54) is 0 Å². The van der Waals surface area contributed by atoms with Crippen LogP contribution in [0.4, 0.5) is 6.01 Å². The first-order chi connectivity index (χ1) is 12.5. The number of carbonyl (C=O) groups is 1. The van der Waals surface area contributed by atoms with E-state index in [-0.39, 0.29) is 18.4 Å². The molecule has 2 N–H and O–H groups in total. The quantitative estimate of drug-likeness (QED) is 0.813. The number of anilines is 1. The van der Waals surface area contributed by atoms with Crippen LogP contribution in [0.15, 0.2) is 16.5 Å². The summed E-state index contributed by atoms with van der Waals surface area (Å²) in [6, 6.07) is 4.33. The van der Waals surface area contributed by atoms with Crippen LogP contribution >= 0.6 is 0 Å². The molecule has 140 valence electrons. The van der Waals surface area contributed by atoms with Gasteiger partial charge in [-0.05, 0) is 38.3 Å². The zero-order chi connectivity index (χ0) is 18.3. The van der Waals surface area contributed by atoms with Crippen molar-refractivity contribution in [2.45, 2.75) is 38.4 Å². The maximum Gasteiger partial charge on any atom is 0.299 e. The fourth-order valence-electron chi connectivity index (χ4n) is 3.73. The number of β-amino-alcohol motifs (C(OH)–C–C–N with tert-alkyl or cyclic N) is 1. The highest BCUT2D eigenvalue weighted by molar-refractivity contribution is 5.79. The first-order valence-corrected chi connectivity index (χ1v) is 9.15. The van der Waals surface area contributed by atoms with Crippen LogP contribution in [0.1, 0.15) is 25.0 Å². The minimum atomic E-state index is -0.844. The Balaban J connectivity index is 1.38. The number of hydrogen-bond acceptors (Lipinski definition) is 7. The van der Waals surface area contributed by atoms with E-state index in [0.29, 0.717) is 43.3 Å². The second-order valence-electron chi connectivity index (χ2n) is 7.24. The molecule has 0 radical (unpaired) electrons. The minimum absolute atomic E-state index is 0.0570. The van der Waals surface area contributed by atoms with Gasteiger partial charge in [0.15, 0.2) is 5.58 Å². The molecule has 0 saturated carbocycles. The molecule has 8 nitrogen and oxygen atoms in total. The number of nitrogens with zero attached hydrogens (tertiary/aromatic N) is 4. The number of rotatable bonds is 2. The average molecular weight is 360 g/mol. The standard InChI is InChI=1S/C18H24N4O4/c1-11-2-3-15-16(19-11)20-18(26-15)21-7-4-12(5-8-21)17(25)22-9-6-13(23)14(24)10-22/h2-3,12-14,23-24H,4-10H2,1H3/t13-,14+/m0/s1. The second-order valence-corrected chi connectivity index (χ2v) is 7.24. The van der Waals surface area contributed by atoms with E-state index in [1.54, 1.807) is 4.90 Å². The largest absolute Gasteiger partial charge is 0.422 e. The normalized spacial score (nSPS) is 25.0. The lowest BCUT2D eigenvalue weighted by molar-refractivity contribution is -0.142. The molecule has 2 aliphatic rings. The van der Waals surface area contributed by atoms with Crippen molar-refractivity contribution >= 4 is 23.2 Å². The van der Waals surface area contributed by atoms with Crippen molar-refractivity contribution in [2.75, 3.05) is 31.1 Å². The molecule has 0 spiro atoms. The van der Waals surface area contributed by atoms with Gasteiger partial charge in [0.1, 0.15) is 0 Å². The maximum atomic E-state index is 12.7. The van der Waals surface area contributed by atoms with Gasteiger partial charge in [-0.1, -0.05) is 0 Å². The van der Waals surface area contributed by atoms with Crippen LogP contribution in [-0.2, 0) is 4.79 Å². The van der Waals surface area contributed by atoms with Crippen molar-refractivity contribution in [1.82, 2.24) is 14.9 Å². The van der Waals surface area contributed by atoms with Crippen molar-refractivity contribution in [3.05, 3.63) is 17.8 Å². The summed E-state index contributed by atoms with van der Waals surface area (Å²) in [6.07, 6.45) is 0.306. The molecule has 0 bridgehead atoms. The number of carbonyl (C=O) groups excluding carboxylic acids is 1. The predicted octanol–water partition coefficient (Wildman–Crippen LogP) is 0.702. The molecule has 8 heteroatoms. The summed E-state index contributed by atoms with van der Waals surface area (Å²) in [7, 11) is 0. The van der Waals surface area contributed by atoms with Crippen LogP contribution in [0.2, 0.25) is 0 Å². The molecule has 2 aliphatic heterocycles. The van der Waals surface area contributed by atoms with Crippen molar-refractivity contribution in [2.24, 2.45) is 5.92 Å². The first-order valence-electron chi connectivity index (χ1n) is 9.15. The summed E-state index contributed by atoms with van der Waals surface area (Å²) in [6.45, 7) is 4.04. The first kappa shape index (κ1) is 17.2. The SMILES string of the molecule is Cc1ccc2oc(N3CCC(C(=O)N4CC[C@H](O)[C@H](O)C4)CC3)nc2n1. The van der Waals surface area contributed by atoms with Gasteiger partial charge in [0.2, 0.25) is 11.6 Å². The Morgan fingerprint density at radius 1 is 1.12 bits per heavy atom. The number of hydrogen-bond donors (Lipinski definition) is 2. The molecule has 2 saturated heterocycles. The summed E-state index contributed by atoms with van der Waals surface area (Å²) in [4.78, 5) is 25.3. The molecule has 2 aromatic rings. The molecule has 0 aliphatic carbocycles. The molecule has 2 fully saturated rings. The summed E-state index contributed by atoms with van der Waals surface area (Å²) in [5, 5.41) is 19.4. The Bertz CT molecular complexity index is 800. The van der Waals surface area contributed by atoms with Crippen LogP contribution in [0.25, 0.3) is 11.2 Å². The smallest absolute Gasteiger partial charge is 0.299 e. The third-order valence-electron chi connectivity index (χ3n) is 5.35. The Hall–Kier alpha value is -2.19. The average Bonchev–Trinajstić information content (AvgIpc) is 3.06. The zero-order valence-corrected chi connectivity index (χ0v) is 14.8. The minimum Gasteiger partial charge on any atom is -0.422 e. The molecule has 1 amide bonds. The van der Waals surface area contributed by atoms with Crippen molar-refractivity contribution in [1.29, 1.82) is 0 Å². The van der Waals surface area contributed by atoms with Gasteiger partial charge in [0, 0.05) is 37.8 Å². The van der Waals surface area contributed by atoms with E-state index in [2.05, 4.69) is 14.9 Å². The lowest BCUT2D eigenvalue weighted by Gasteiger charge is -2.37. The number of fused-ring (bicyclic) bond motifs is 1. The van der Waals surface area contributed by atoms with E-state index in [4.69, 9.17) is 4.42 Å². The number of aliphatic hydroxyl groups is 2. The Morgan fingerprint density at radius 2 is 1.88 bits per heavy atom. The van der Waals surface area contributed by atoms with E-state index < -0.39 is 12.2 Å². The third kappa shape index (κ3) is 3.26. The Labute approximate surface area is 151 Å². The molecule has 2 aromatic heterocycles. The number of oxazole rings is 1. The van der Waals surface area contributed by atoms with Gasteiger partial charge < -0.3 is 24.4 Å². The van der Waals surface area contributed by atoms with Gasteiger partial charge in [-0.25, -0.2) is 4.98 Å². The molecule has 0 aromatic carbocycles. The van der Waals surface area contributed by atoms with Crippen molar-refractivity contribution < 1.29 is 19.4 Å². The van der Waals surface area contributed by atoms with E-state index in [0.717, 1.165) is 18.5 Å². The van der Waals surface area contributed by atoms with Gasteiger partial charge in [-0.2, -0.15) is 4.98 Å². The topological polar surface area (TPSA) is 103 Å².